The van der Waals surface area contributed by atoms with Gasteiger partial charge in [0.05, 0.1) is 26.0 Å². The fraction of sp³-hybridized carbons (Fsp3) is 0.0556. The van der Waals surface area contributed by atoms with Crippen molar-refractivity contribution < 1.29 is 9.59 Å². The van der Waals surface area contributed by atoms with E-state index in [0.717, 1.165) is 10.2 Å². The average Bonchev–Trinajstić information content (AvgIpc) is 3.36. The molecule has 30 heavy (non-hydrogen) atoms. The van der Waals surface area contributed by atoms with Gasteiger partial charge in [0.1, 0.15) is 0 Å². The Morgan fingerprint density at radius 1 is 1.00 bits per heavy atom. The van der Waals surface area contributed by atoms with E-state index in [1.807, 2.05) is 24.3 Å². The third kappa shape index (κ3) is 5.08. The molecule has 152 valence electrons. The first kappa shape index (κ1) is 21.0. The molecule has 2 N–H and O–H groups in total. The molecule has 0 spiro atoms. The summed E-state index contributed by atoms with van der Waals surface area (Å²) in [5, 5.41) is 14.8. The van der Waals surface area contributed by atoms with E-state index in [1.54, 1.807) is 18.2 Å². The number of hydrogen-bond acceptors (Lipinski definition) is 8. The van der Waals surface area contributed by atoms with Gasteiger partial charge < -0.3 is 5.32 Å². The van der Waals surface area contributed by atoms with Gasteiger partial charge in [-0.15, -0.1) is 21.5 Å². The summed E-state index contributed by atoms with van der Waals surface area (Å²) < 4.78 is 1.49. The second kappa shape index (κ2) is 9.27. The van der Waals surface area contributed by atoms with Crippen LogP contribution in [0.25, 0.3) is 10.2 Å². The van der Waals surface area contributed by atoms with Crippen LogP contribution < -0.4 is 10.6 Å². The topological polar surface area (TPSA) is 96.9 Å². The van der Waals surface area contributed by atoms with Crippen molar-refractivity contribution >= 4 is 90.5 Å². The van der Waals surface area contributed by atoms with Gasteiger partial charge in [-0.2, -0.15) is 0 Å². The van der Waals surface area contributed by atoms with Gasteiger partial charge in [0, 0.05) is 5.69 Å². The van der Waals surface area contributed by atoms with Gasteiger partial charge >= 0.3 is 0 Å². The molecule has 2 aromatic heterocycles. The maximum atomic E-state index is 12.4. The fourth-order valence-corrected chi connectivity index (χ4v) is 5.04. The van der Waals surface area contributed by atoms with E-state index in [2.05, 4.69) is 25.8 Å². The van der Waals surface area contributed by atoms with Crippen molar-refractivity contribution in [3.8, 4) is 0 Å². The van der Waals surface area contributed by atoms with Crippen molar-refractivity contribution in [1.29, 1.82) is 0 Å². The number of rotatable bonds is 6. The number of fused-ring (bicyclic) bond motifs is 1. The quantitative estimate of drug-likeness (QED) is 0.273. The second-order valence-corrected chi connectivity index (χ2v) is 9.82. The van der Waals surface area contributed by atoms with Crippen LogP contribution in [0.5, 0.6) is 0 Å². The molecule has 0 fully saturated rings. The normalized spacial score (nSPS) is 10.9. The number of hydrogen-bond donors (Lipinski definition) is 2. The second-order valence-electron chi connectivity index (χ2n) is 5.78. The fourth-order valence-electron chi connectivity index (χ4n) is 2.34. The molecule has 0 aliphatic carbocycles. The molecule has 2 heterocycles. The number of nitrogens with one attached hydrogen (secondary N) is 2. The lowest BCUT2D eigenvalue weighted by atomic mass is 10.3. The molecule has 2 aromatic carbocycles. The van der Waals surface area contributed by atoms with Gasteiger partial charge in [-0.05, 0) is 30.3 Å². The molecule has 0 saturated heterocycles. The van der Waals surface area contributed by atoms with Crippen LogP contribution in [-0.2, 0) is 4.79 Å². The van der Waals surface area contributed by atoms with Gasteiger partial charge in [0.2, 0.25) is 11.0 Å². The highest BCUT2D eigenvalue weighted by molar-refractivity contribution is 8.01. The largest absolute Gasteiger partial charge is 0.325 e. The number of thiazole rings is 1. The van der Waals surface area contributed by atoms with Crippen LogP contribution in [0.15, 0.2) is 46.8 Å². The molecular formula is C18H11Cl2N5O2S3. The minimum Gasteiger partial charge on any atom is -0.325 e. The minimum atomic E-state index is -0.346. The highest BCUT2D eigenvalue weighted by atomic mass is 35.5. The number of nitrogens with zero attached hydrogens (tertiary/aromatic N) is 3. The number of para-hydroxylation sites is 1. The van der Waals surface area contributed by atoms with E-state index in [9.17, 15) is 9.59 Å². The molecular weight excluding hydrogens is 485 g/mol. The maximum absolute atomic E-state index is 12.4. The number of halogens is 2. The Bertz CT molecular complexity index is 1210. The number of amides is 2. The summed E-state index contributed by atoms with van der Waals surface area (Å²) in [5.41, 5.74) is 1.32. The summed E-state index contributed by atoms with van der Waals surface area (Å²) >= 11 is 15.5. The lowest BCUT2D eigenvalue weighted by molar-refractivity contribution is -0.113. The molecule has 4 aromatic rings. The van der Waals surface area contributed by atoms with Gasteiger partial charge in [-0.3, -0.25) is 14.9 Å². The highest BCUT2D eigenvalue weighted by Gasteiger charge is 2.15. The smallest absolute Gasteiger partial charge is 0.286 e. The van der Waals surface area contributed by atoms with Crippen LogP contribution in [0, 0.1) is 0 Å². The van der Waals surface area contributed by atoms with Gasteiger partial charge in [-0.25, -0.2) is 4.98 Å². The van der Waals surface area contributed by atoms with E-state index in [1.165, 1.54) is 34.4 Å². The van der Waals surface area contributed by atoms with Crippen LogP contribution in [0.3, 0.4) is 0 Å². The maximum Gasteiger partial charge on any atom is 0.286 e. The van der Waals surface area contributed by atoms with Gasteiger partial charge in [0.15, 0.2) is 9.35 Å². The van der Waals surface area contributed by atoms with Crippen LogP contribution in [-0.4, -0.2) is 32.7 Å². The molecule has 2 amide bonds. The Labute approximate surface area is 192 Å². The van der Waals surface area contributed by atoms with E-state index in [-0.39, 0.29) is 17.6 Å². The molecule has 0 unspecified atom stereocenters. The number of anilines is 2. The third-order valence-corrected chi connectivity index (χ3v) is 7.39. The minimum absolute atomic E-state index is 0.126. The van der Waals surface area contributed by atoms with Crippen LogP contribution in [0.4, 0.5) is 10.8 Å². The number of benzene rings is 2. The van der Waals surface area contributed by atoms with Crippen LogP contribution in [0.1, 0.15) is 9.80 Å². The monoisotopic (exact) mass is 495 g/mol. The molecule has 0 bridgehead atoms. The molecule has 0 radical (unpaired) electrons. The van der Waals surface area contributed by atoms with Crippen molar-refractivity contribution in [1.82, 2.24) is 15.2 Å². The first-order chi connectivity index (χ1) is 14.5. The number of aromatic nitrogens is 3. The lowest BCUT2D eigenvalue weighted by Crippen LogP contribution is -2.13. The Morgan fingerprint density at radius 3 is 2.63 bits per heavy atom. The van der Waals surface area contributed by atoms with E-state index < -0.39 is 0 Å². The molecule has 4 rings (SSSR count). The Hall–Kier alpha value is -2.24. The van der Waals surface area contributed by atoms with Crippen molar-refractivity contribution in [2.45, 2.75) is 4.34 Å². The van der Waals surface area contributed by atoms with Crippen molar-refractivity contribution in [2.75, 3.05) is 16.4 Å². The average molecular weight is 496 g/mol. The zero-order valence-electron chi connectivity index (χ0n) is 14.9. The standard InChI is InChI=1S/C18H11Cl2N5O2S3/c19-10-6-5-9(7-11(10)20)21-14(26)8-28-18-25-24-17(30-18)23-15(27)16-22-12-3-1-2-4-13(12)29-16/h1-7H,8H2,(H,21,26)(H,23,24,27). The molecule has 0 aliphatic rings. The van der Waals surface area contributed by atoms with Crippen LogP contribution >= 0.6 is 57.6 Å². The van der Waals surface area contributed by atoms with Gasteiger partial charge in [0.25, 0.3) is 5.91 Å². The Balaban J connectivity index is 1.31. The van der Waals surface area contributed by atoms with Crippen LogP contribution in [0.2, 0.25) is 10.0 Å². The number of thioether (sulfide) groups is 1. The third-order valence-electron chi connectivity index (χ3n) is 3.65. The Morgan fingerprint density at radius 2 is 1.83 bits per heavy atom. The first-order valence-electron chi connectivity index (χ1n) is 8.36. The van der Waals surface area contributed by atoms with Gasteiger partial charge in [-0.1, -0.05) is 58.4 Å². The Kier molecular flexibility index (Phi) is 6.49. The predicted molar refractivity (Wildman–Crippen MR) is 123 cm³/mol. The van der Waals surface area contributed by atoms with E-state index in [4.69, 9.17) is 23.2 Å². The van der Waals surface area contributed by atoms with E-state index >= 15 is 0 Å². The molecule has 0 atom stereocenters. The predicted octanol–water partition coefficient (Wildman–Crippen LogP) is 5.44. The van der Waals surface area contributed by atoms with E-state index in [0.29, 0.717) is 30.2 Å². The molecule has 7 nitrogen and oxygen atoms in total. The zero-order valence-corrected chi connectivity index (χ0v) is 18.8. The van der Waals surface area contributed by atoms with Crippen molar-refractivity contribution in [3.63, 3.8) is 0 Å². The van der Waals surface area contributed by atoms with Crippen molar-refractivity contribution in [2.24, 2.45) is 0 Å². The summed E-state index contributed by atoms with van der Waals surface area (Å²) in [6, 6.07) is 12.4. The first-order valence-corrected chi connectivity index (χ1v) is 11.7. The molecule has 0 aliphatic heterocycles. The summed E-state index contributed by atoms with van der Waals surface area (Å²) in [7, 11) is 0. The molecule has 0 saturated carbocycles. The summed E-state index contributed by atoms with van der Waals surface area (Å²) in [6.07, 6.45) is 0. The summed E-state index contributed by atoms with van der Waals surface area (Å²) in [5.74, 6) is -0.448. The lowest BCUT2D eigenvalue weighted by Gasteiger charge is -2.05. The summed E-state index contributed by atoms with van der Waals surface area (Å²) in [6.45, 7) is 0. The summed E-state index contributed by atoms with van der Waals surface area (Å²) in [4.78, 5) is 28.8. The number of carbonyl (C=O) groups excluding carboxylic acids is 2. The molecule has 12 heteroatoms. The zero-order chi connectivity index (χ0) is 21.1. The SMILES string of the molecule is O=C(CSc1nnc(NC(=O)c2nc3ccccc3s2)s1)Nc1ccc(Cl)c(Cl)c1. The highest BCUT2D eigenvalue weighted by Crippen LogP contribution is 2.28. The number of carbonyl (C=O) groups is 2. The van der Waals surface area contributed by atoms with Crippen molar-refractivity contribution in [3.05, 3.63) is 57.5 Å².